The molecule has 0 N–H and O–H groups in total. The van der Waals surface area contributed by atoms with Crippen molar-refractivity contribution in [3.63, 3.8) is 0 Å². The van der Waals surface area contributed by atoms with E-state index in [1.807, 2.05) is 71.3 Å². The van der Waals surface area contributed by atoms with E-state index in [0.29, 0.717) is 50.0 Å². The summed E-state index contributed by atoms with van der Waals surface area (Å²) < 4.78 is 5.80. The molecule has 2 amide bonds. The van der Waals surface area contributed by atoms with Gasteiger partial charge in [0.25, 0.3) is 5.91 Å². The maximum atomic E-state index is 13.5. The zero-order valence-electron chi connectivity index (χ0n) is 18.4. The fourth-order valence-electron chi connectivity index (χ4n) is 4.81. The first kappa shape index (κ1) is 20.6. The van der Waals surface area contributed by atoms with Crippen LogP contribution in [0.15, 0.2) is 66.7 Å². The molecule has 0 radical (unpaired) electrons. The molecule has 1 saturated heterocycles. The van der Waals surface area contributed by atoms with Gasteiger partial charge < -0.3 is 14.5 Å². The van der Waals surface area contributed by atoms with Crippen LogP contribution in [0.5, 0.6) is 5.75 Å². The summed E-state index contributed by atoms with van der Waals surface area (Å²) in [6.45, 7) is 4.68. The largest absolute Gasteiger partial charge is 0.493 e. The summed E-state index contributed by atoms with van der Waals surface area (Å²) in [6.07, 6.45) is 0.926. The molecule has 1 heterocycles. The number of carbonyl (C=O) groups excluding carboxylic acids is 2. The number of hydrogen-bond donors (Lipinski definition) is 0. The van der Waals surface area contributed by atoms with Crippen LogP contribution in [0.1, 0.15) is 35.2 Å². The molecule has 3 aromatic rings. The predicted molar refractivity (Wildman–Crippen MR) is 125 cm³/mol. The fourth-order valence-corrected chi connectivity index (χ4v) is 4.81. The lowest BCUT2D eigenvalue weighted by Gasteiger charge is -2.35. The zero-order valence-corrected chi connectivity index (χ0v) is 18.4. The molecule has 2 atom stereocenters. The summed E-state index contributed by atoms with van der Waals surface area (Å²) in [5.74, 6) is 1.26. The Morgan fingerprint density at radius 1 is 0.875 bits per heavy atom. The highest BCUT2D eigenvalue weighted by molar-refractivity contribution is 6.09. The first-order valence-electron chi connectivity index (χ1n) is 11.4. The summed E-state index contributed by atoms with van der Waals surface area (Å²) >= 11 is 0. The van der Waals surface area contributed by atoms with Crippen molar-refractivity contribution in [2.75, 3.05) is 32.8 Å². The van der Waals surface area contributed by atoms with Crippen molar-refractivity contribution in [2.45, 2.75) is 19.3 Å². The third-order valence-corrected chi connectivity index (χ3v) is 6.62. The lowest BCUT2D eigenvalue weighted by Crippen LogP contribution is -2.51. The third-order valence-electron chi connectivity index (χ3n) is 6.62. The minimum atomic E-state index is -0.0223. The van der Waals surface area contributed by atoms with Gasteiger partial charge in [-0.05, 0) is 41.7 Å². The Balaban J connectivity index is 1.27. The Morgan fingerprint density at radius 3 is 2.31 bits per heavy atom. The lowest BCUT2D eigenvalue weighted by atomic mass is 10.0. The van der Waals surface area contributed by atoms with Crippen molar-refractivity contribution in [3.8, 4) is 5.75 Å². The number of piperazine rings is 1. The first-order chi connectivity index (χ1) is 15.7. The van der Waals surface area contributed by atoms with Crippen molar-refractivity contribution in [1.29, 1.82) is 0 Å². The highest BCUT2D eigenvalue weighted by atomic mass is 16.5. The highest BCUT2D eigenvalue weighted by Gasteiger charge is 2.46. The van der Waals surface area contributed by atoms with Crippen LogP contribution in [0.4, 0.5) is 0 Å². The number of amides is 2. The number of nitrogens with zero attached hydrogens (tertiary/aromatic N) is 2. The van der Waals surface area contributed by atoms with E-state index in [9.17, 15) is 9.59 Å². The van der Waals surface area contributed by atoms with Crippen LogP contribution in [0.2, 0.25) is 0 Å². The van der Waals surface area contributed by atoms with Gasteiger partial charge in [-0.25, -0.2) is 0 Å². The molecule has 5 rings (SSSR count). The van der Waals surface area contributed by atoms with Gasteiger partial charge in [-0.2, -0.15) is 0 Å². The molecule has 32 heavy (non-hydrogen) atoms. The zero-order chi connectivity index (χ0) is 22.1. The van der Waals surface area contributed by atoms with E-state index in [-0.39, 0.29) is 17.7 Å². The van der Waals surface area contributed by atoms with Gasteiger partial charge in [0.15, 0.2) is 0 Å². The maximum Gasteiger partial charge on any atom is 0.258 e. The topological polar surface area (TPSA) is 49.9 Å². The fraction of sp³-hybridized carbons (Fsp3) is 0.333. The van der Waals surface area contributed by atoms with Crippen molar-refractivity contribution >= 4 is 22.6 Å². The molecule has 5 heteroatoms. The van der Waals surface area contributed by atoms with E-state index < -0.39 is 0 Å². The molecule has 0 spiro atoms. The summed E-state index contributed by atoms with van der Waals surface area (Å²) in [5.41, 5.74) is 1.87. The normalized spacial score (nSPS) is 20.3. The quantitative estimate of drug-likeness (QED) is 0.608. The van der Waals surface area contributed by atoms with Gasteiger partial charge in [-0.1, -0.05) is 60.7 Å². The number of fused-ring (bicyclic) bond motifs is 1. The molecule has 1 aliphatic carbocycles. The van der Waals surface area contributed by atoms with Crippen LogP contribution in [-0.4, -0.2) is 54.4 Å². The van der Waals surface area contributed by atoms with Crippen LogP contribution in [-0.2, 0) is 4.79 Å². The minimum Gasteiger partial charge on any atom is -0.493 e. The second-order valence-corrected chi connectivity index (χ2v) is 8.57. The number of ether oxygens (including phenoxy) is 1. The van der Waals surface area contributed by atoms with Crippen molar-refractivity contribution in [3.05, 3.63) is 77.9 Å². The monoisotopic (exact) mass is 428 g/mol. The Bertz CT molecular complexity index is 1140. The summed E-state index contributed by atoms with van der Waals surface area (Å²) in [7, 11) is 0. The summed E-state index contributed by atoms with van der Waals surface area (Å²) in [5, 5.41) is 1.93. The number of benzene rings is 3. The molecule has 164 valence electrons. The maximum absolute atomic E-state index is 13.5. The van der Waals surface area contributed by atoms with E-state index in [1.165, 1.54) is 5.56 Å². The van der Waals surface area contributed by atoms with E-state index >= 15 is 0 Å². The SMILES string of the molecule is CCOc1ccc2ccccc2c1C(=O)N1CCN(C(=O)[C@H]2C[C@@H]2c2ccccc2)CC1. The number of hydrogen-bond acceptors (Lipinski definition) is 3. The molecule has 2 aliphatic rings. The van der Waals surface area contributed by atoms with Gasteiger partial charge in [-0.3, -0.25) is 9.59 Å². The standard InChI is InChI=1S/C27H28N2O3/c1-2-32-24-13-12-20-10-6-7-11-21(20)25(24)27(31)29-16-14-28(15-17-29)26(30)23-18-22(23)19-8-4-3-5-9-19/h3-13,22-23H,2,14-18H2,1H3/t22-,23+/m1/s1. The van der Waals surface area contributed by atoms with Crippen molar-refractivity contribution in [2.24, 2.45) is 5.92 Å². The Labute approximate surface area is 188 Å². The van der Waals surface area contributed by atoms with E-state index in [0.717, 1.165) is 17.2 Å². The van der Waals surface area contributed by atoms with Crippen molar-refractivity contribution < 1.29 is 14.3 Å². The molecule has 3 aromatic carbocycles. The predicted octanol–water partition coefficient (Wildman–Crippen LogP) is 4.33. The average Bonchev–Trinajstić information content (AvgIpc) is 3.65. The second-order valence-electron chi connectivity index (χ2n) is 8.57. The average molecular weight is 429 g/mol. The molecule has 0 bridgehead atoms. The highest BCUT2D eigenvalue weighted by Crippen LogP contribution is 2.48. The minimum absolute atomic E-state index is 0.0223. The number of rotatable bonds is 5. The molecule has 5 nitrogen and oxygen atoms in total. The van der Waals surface area contributed by atoms with Gasteiger partial charge in [-0.15, -0.1) is 0 Å². The smallest absolute Gasteiger partial charge is 0.258 e. The van der Waals surface area contributed by atoms with Crippen LogP contribution in [0.3, 0.4) is 0 Å². The molecule has 2 fully saturated rings. The Hall–Kier alpha value is -3.34. The summed E-state index contributed by atoms with van der Waals surface area (Å²) in [4.78, 5) is 30.3. The molecular formula is C27H28N2O3. The lowest BCUT2D eigenvalue weighted by molar-refractivity contribution is -0.134. The molecular weight excluding hydrogens is 400 g/mol. The third kappa shape index (κ3) is 3.83. The summed E-state index contributed by atoms with van der Waals surface area (Å²) in [6, 6.07) is 22.1. The number of carbonyl (C=O) groups is 2. The molecule has 0 aromatic heterocycles. The molecule has 1 aliphatic heterocycles. The van der Waals surface area contributed by atoms with E-state index in [1.54, 1.807) is 0 Å². The first-order valence-corrected chi connectivity index (χ1v) is 11.4. The van der Waals surface area contributed by atoms with E-state index in [4.69, 9.17) is 4.74 Å². The molecule has 0 unspecified atom stereocenters. The van der Waals surface area contributed by atoms with Gasteiger partial charge in [0.05, 0.1) is 12.2 Å². The molecule has 1 saturated carbocycles. The van der Waals surface area contributed by atoms with Crippen LogP contribution in [0, 0.1) is 5.92 Å². The van der Waals surface area contributed by atoms with Gasteiger partial charge in [0.2, 0.25) is 5.91 Å². The van der Waals surface area contributed by atoms with Crippen molar-refractivity contribution in [1.82, 2.24) is 9.80 Å². The van der Waals surface area contributed by atoms with E-state index in [2.05, 4.69) is 12.1 Å². The van der Waals surface area contributed by atoms with Crippen LogP contribution in [0.25, 0.3) is 10.8 Å². The van der Waals surface area contributed by atoms with Gasteiger partial charge in [0.1, 0.15) is 5.75 Å². The Morgan fingerprint density at radius 2 is 1.56 bits per heavy atom. The van der Waals surface area contributed by atoms with Gasteiger partial charge >= 0.3 is 0 Å². The van der Waals surface area contributed by atoms with Gasteiger partial charge in [0, 0.05) is 32.1 Å². The Kier molecular flexibility index (Phi) is 5.56. The van der Waals surface area contributed by atoms with Crippen LogP contribution < -0.4 is 4.74 Å². The second kappa shape index (κ2) is 8.65. The van der Waals surface area contributed by atoms with Crippen LogP contribution >= 0.6 is 0 Å².